The van der Waals surface area contributed by atoms with Crippen LogP contribution in [0.5, 0.6) is 0 Å². The van der Waals surface area contributed by atoms with Gasteiger partial charge in [-0.05, 0) is 12.5 Å². The summed E-state index contributed by atoms with van der Waals surface area (Å²) in [6, 6.07) is 0. The lowest BCUT2D eigenvalue weighted by Crippen LogP contribution is -1.97. The van der Waals surface area contributed by atoms with Crippen molar-refractivity contribution in [2.24, 2.45) is 5.11 Å². The van der Waals surface area contributed by atoms with Crippen LogP contribution in [0.1, 0.15) is 11.1 Å². The van der Waals surface area contributed by atoms with Crippen LogP contribution < -0.4 is 0 Å². The Labute approximate surface area is 101 Å². The average Bonchev–Trinajstić information content (AvgIpc) is 2.26. The predicted octanol–water partition coefficient (Wildman–Crippen LogP) is 2.61. The Balaban J connectivity index is 3.18. The van der Waals surface area contributed by atoms with Gasteiger partial charge in [-0.1, -0.05) is 28.6 Å². The second-order valence-corrected chi connectivity index (χ2v) is 3.24. The van der Waals surface area contributed by atoms with Crippen LogP contribution in [-0.4, -0.2) is 16.5 Å². The lowest BCUT2D eigenvalue weighted by molar-refractivity contribution is -0.385. The normalized spacial score (nSPS) is 8.82. The Kier molecular flexibility index (Phi) is 4.29. The third kappa shape index (κ3) is 3.08. The van der Waals surface area contributed by atoms with Gasteiger partial charge < -0.3 is 0 Å². The van der Waals surface area contributed by atoms with Crippen molar-refractivity contribution in [1.82, 2.24) is 4.98 Å². The van der Waals surface area contributed by atoms with Crippen molar-refractivity contribution in [3.05, 3.63) is 43.0 Å². The summed E-state index contributed by atoms with van der Waals surface area (Å²) in [7, 11) is 0. The molecule has 0 fully saturated rings. The molecule has 1 aromatic heterocycles. The lowest BCUT2D eigenvalue weighted by atomic mass is 10.1. The molecule has 0 amide bonds. The molecule has 86 valence electrons. The Bertz CT molecular complexity index is 569. The maximum absolute atomic E-state index is 10.7. The molecule has 7 nitrogen and oxygen atoms in total. The van der Waals surface area contributed by atoms with Crippen LogP contribution in [0.2, 0.25) is 5.15 Å². The second kappa shape index (κ2) is 5.70. The summed E-state index contributed by atoms with van der Waals surface area (Å²) in [6.45, 7) is 1.52. The van der Waals surface area contributed by atoms with Crippen molar-refractivity contribution in [3.8, 4) is 11.8 Å². The highest BCUT2D eigenvalue weighted by atomic mass is 35.5. The number of hydrogen-bond acceptors (Lipinski definition) is 4. The Hall–Kier alpha value is -2.29. The van der Waals surface area contributed by atoms with Gasteiger partial charge in [-0.15, -0.1) is 0 Å². The number of nitro groups is 1. The van der Waals surface area contributed by atoms with E-state index in [9.17, 15) is 10.1 Å². The van der Waals surface area contributed by atoms with Crippen LogP contribution in [0.4, 0.5) is 5.69 Å². The zero-order valence-corrected chi connectivity index (χ0v) is 9.47. The van der Waals surface area contributed by atoms with E-state index in [1.807, 2.05) is 0 Å². The van der Waals surface area contributed by atoms with Crippen LogP contribution in [-0.2, 0) is 0 Å². The van der Waals surface area contributed by atoms with Crippen molar-refractivity contribution in [1.29, 1.82) is 0 Å². The highest BCUT2D eigenvalue weighted by Gasteiger charge is 2.19. The van der Waals surface area contributed by atoms with E-state index >= 15 is 0 Å². The van der Waals surface area contributed by atoms with E-state index in [-0.39, 0.29) is 17.4 Å². The van der Waals surface area contributed by atoms with Crippen LogP contribution in [0.25, 0.3) is 10.4 Å². The van der Waals surface area contributed by atoms with Crippen molar-refractivity contribution in [3.63, 3.8) is 0 Å². The van der Waals surface area contributed by atoms with Crippen LogP contribution in [0.3, 0.4) is 0 Å². The molecule has 0 aliphatic rings. The Morgan fingerprint density at radius 1 is 1.76 bits per heavy atom. The highest BCUT2D eigenvalue weighted by Crippen LogP contribution is 2.27. The molecule has 0 radical (unpaired) electrons. The first-order valence-electron chi connectivity index (χ1n) is 4.37. The minimum absolute atomic E-state index is 0.00758. The highest BCUT2D eigenvalue weighted by molar-refractivity contribution is 6.31. The molecular formula is C9H6ClN5O2. The smallest absolute Gasteiger partial charge is 0.258 e. The molecule has 0 N–H and O–H groups in total. The quantitative estimate of drug-likeness (QED) is 0.153. The molecule has 0 saturated heterocycles. The molecule has 1 rings (SSSR count). The van der Waals surface area contributed by atoms with E-state index in [1.54, 1.807) is 0 Å². The van der Waals surface area contributed by atoms with Gasteiger partial charge in [0, 0.05) is 16.7 Å². The topological polar surface area (TPSA) is 105 Å². The van der Waals surface area contributed by atoms with Gasteiger partial charge >= 0.3 is 5.69 Å². The first-order chi connectivity index (χ1) is 8.07. The van der Waals surface area contributed by atoms with Crippen LogP contribution >= 0.6 is 11.6 Å². The van der Waals surface area contributed by atoms with Gasteiger partial charge in [0.05, 0.1) is 17.0 Å². The summed E-state index contributed by atoms with van der Waals surface area (Å²) in [5.41, 5.74) is 8.50. The first kappa shape index (κ1) is 12.8. The fourth-order valence-corrected chi connectivity index (χ4v) is 1.36. The van der Waals surface area contributed by atoms with Gasteiger partial charge in [0.2, 0.25) is 5.15 Å². The first-order valence-corrected chi connectivity index (χ1v) is 4.75. The predicted molar refractivity (Wildman–Crippen MR) is 61.5 cm³/mol. The Morgan fingerprint density at radius 3 is 3.06 bits per heavy atom. The third-order valence-corrected chi connectivity index (χ3v) is 2.16. The van der Waals surface area contributed by atoms with Gasteiger partial charge in [-0.2, -0.15) is 0 Å². The summed E-state index contributed by atoms with van der Waals surface area (Å²) in [5.74, 6) is 5.18. The van der Waals surface area contributed by atoms with Gasteiger partial charge in [0.15, 0.2) is 0 Å². The molecule has 1 heterocycles. The second-order valence-electron chi connectivity index (χ2n) is 2.88. The molecule has 0 spiro atoms. The molecule has 0 aliphatic heterocycles. The lowest BCUT2D eigenvalue weighted by Gasteiger charge is -2.00. The monoisotopic (exact) mass is 251 g/mol. The number of azide groups is 1. The molecule has 1 aromatic rings. The number of rotatable bonds is 2. The number of aromatic nitrogens is 1. The SMILES string of the molecule is Cc1c(C#CCN=[N+]=[N-])cnc(Cl)c1[N+](=O)[O-]. The maximum Gasteiger partial charge on any atom is 0.310 e. The maximum atomic E-state index is 10.7. The fraction of sp³-hybridized carbons (Fsp3) is 0.222. The summed E-state index contributed by atoms with van der Waals surface area (Å²) in [6.07, 6.45) is 1.34. The number of hydrogen-bond donors (Lipinski definition) is 0. The van der Waals surface area contributed by atoms with Gasteiger partial charge in [0.25, 0.3) is 0 Å². The summed E-state index contributed by atoms with van der Waals surface area (Å²) in [5, 5.41) is 13.8. The van der Waals surface area contributed by atoms with Crippen LogP contribution in [0.15, 0.2) is 11.3 Å². The van der Waals surface area contributed by atoms with Crippen LogP contribution in [0, 0.1) is 28.9 Å². The van der Waals surface area contributed by atoms with Gasteiger partial charge in [0.1, 0.15) is 0 Å². The fourth-order valence-electron chi connectivity index (χ4n) is 1.10. The zero-order valence-electron chi connectivity index (χ0n) is 8.71. The van der Waals surface area contributed by atoms with Crippen molar-refractivity contribution in [2.75, 3.05) is 6.54 Å². The summed E-state index contributed by atoms with van der Waals surface area (Å²) < 4.78 is 0. The number of nitrogens with zero attached hydrogens (tertiary/aromatic N) is 5. The zero-order chi connectivity index (χ0) is 12.8. The molecule has 0 atom stereocenters. The van der Waals surface area contributed by atoms with E-state index in [1.165, 1.54) is 13.1 Å². The molecule has 8 heteroatoms. The van der Waals surface area contributed by atoms with Gasteiger partial charge in [-0.25, -0.2) is 4.98 Å². The molecular weight excluding hydrogens is 246 g/mol. The molecule has 0 bridgehead atoms. The third-order valence-electron chi connectivity index (χ3n) is 1.88. The largest absolute Gasteiger partial charge is 0.310 e. The van der Waals surface area contributed by atoms with E-state index in [0.29, 0.717) is 11.1 Å². The molecule has 17 heavy (non-hydrogen) atoms. The molecule has 0 aromatic carbocycles. The average molecular weight is 252 g/mol. The van der Waals surface area contributed by atoms with E-state index in [0.717, 1.165) is 0 Å². The standard InChI is InChI=1S/C9H6ClN5O2/c1-6-7(3-2-4-13-14-11)5-12-9(10)8(6)15(16)17/h5H,4H2,1H3. The van der Waals surface area contributed by atoms with Crippen molar-refractivity contribution < 1.29 is 4.92 Å². The summed E-state index contributed by atoms with van der Waals surface area (Å²) in [4.78, 5) is 16.3. The minimum atomic E-state index is -0.608. The number of pyridine rings is 1. The molecule has 0 saturated carbocycles. The molecule has 0 aliphatic carbocycles. The number of halogens is 1. The van der Waals surface area contributed by atoms with E-state index in [2.05, 4.69) is 26.9 Å². The van der Waals surface area contributed by atoms with E-state index < -0.39 is 4.92 Å². The Morgan fingerprint density at radius 2 is 2.47 bits per heavy atom. The minimum Gasteiger partial charge on any atom is -0.258 e. The van der Waals surface area contributed by atoms with Crippen molar-refractivity contribution in [2.45, 2.75) is 6.92 Å². The summed E-state index contributed by atoms with van der Waals surface area (Å²) >= 11 is 5.61. The molecule has 0 unspecified atom stereocenters. The van der Waals surface area contributed by atoms with Gasteiger partial charge in [-0.3, -0.25) is 10.1 Å². The van der Waals surface area contributed by atoms with Crippen molar-refractivity contribution >= 4 is 17.3 Å². The van der Waals surface area contributed by atoms with E-state index in [4.69, 9.17) is 17.1 Å².